The molecule has 0 aliphatic heterocycles. The summed E-state index contributed by atoms with van der Waals surface area (Å²) in [6, 6.07) is 10.7. The van der Waals surface area contributed by atoms with Gasteiger partial charge in [-0.3, -0.25) is 4.79 Å². The lowest BCUT2D eigenvalue weighted by atomic mass is 10.1. The second-order valence-corrected chi connectivity index (χ2v) is 10.8. The van der Waals surface area contributed by atoms with Crippen LogP contribution in [-0.4, -0.2) is 30.5 Å². The Hall–Kier alpha value is -1.65. The van der Waals surface area contributed by atoms with Gasteiger partial charge in [-0.2, -0.15) is 4.72 Å². The predicted molar refractivity (Wildman–Crippen MR) is 112 cm³/mol. The highest BCUT2D eigenvalue weighted by Crippen LogP contribution is 2.35. The Labute approximate surface area is 176 Å². The Morgan fingerprint density at radius 2 is 1.89 bits per heavy atom. The van der Waals surface area contributed by atoms with Crippen molar-refractivity contribution in [3.05, 3.63) is 47.5 Å². The highest BCUT2D eigenvalue weighted by Gasteiger charge is 2.28. The molecule has 0 bridgehead atoms. The maximum atomic E-state index is 12.6. The van der Waals surface area contributed by atoms with E-state index in [4.69, 9.17) is 11.6 Å². The number of thiazole rings is 1. The summed E-state index contributed by atoms with van der Waals surface area (Å²) < 4.78 is 29.0. The van der Waals surface area contributed by atoms with Gasteiger partial charge in [0.2, 0.25) is 10.0 Å². The quantitative estimate of drug-likeness (QED) is 0.543. The number of carboxylic acids is 1. The number of hydrogen-bond acceptors (Lipinski definition) is 6. The average Bonchev–Trinajstić information content (AvgIpc) is 3.02. The smallest absolute Gasteiger partial charge is 0.322 e. The number of aromatic nitrogens is 1. The van der Waals surface area contributed by atoms with Crippen molar-refractivity contribution in [1.82, 2.24) is 9.71 Å². The minimum Gasteiger partial charge on any atom is -0.480 e. The number of fused-ring (bicyclic) bond motifs is 1. The molecule has 0 aliphatic rings. The topological polar surface area (TPSA) is 96.4 Å². The summed E-state index contributed by atoms with van der Waals surface area (Å²) >= 11 is 8.72. The van der Waals surface area contributed by atoms with Gasteiger partial charge in [0.25, 0.3) is 0 Å². The monoisotopic (exact) mass is 456 g/mol. The third kappa shape index (κ3) is 4.84. The fourth-order valence-corrected chi connectivity index (χ4v) is 6.05. The number of carbonyl (C=O) groups is 1. The SMILES string of the molecule is CC(C)[C@@H](NS(=O)(=O)c1ccc2nc(Sc3ccc(Cl)cc3)sc2c1)C(=O)O. The third-order valence-corrected chi connectivity index (χ3v) is 7.66. The molecule has 2 N–H and O–H groups in total. The normalized spacial score (nSPS) is 13.1. The second-order valence-electron chi connectivity index (χ2n) is 6.35. The number of halogens is 1. The molecule has 0 fully saturated rings. The largest absolute Gasteiger partial charge is 0.480 e. The molecule has 148 valence electrons. The summed E-state index contributed by atoms with van der Waals surface area (Å²) in [5.74, 6) is -1.60. The van der Waals surface area contributed by atoms with Gasteiger partial charge in [0.05, 0.1) is 15.1 Å². The van der Waals surface area contributed by atoms with E-state index in [9.17, 15) is 18.3 Å². The van der Waals surface area contributed by atoms with Crippen molar-refractivity contribution in [2.24, 2.45) is 5.92 Å². The Balaban J connectivity index is 1.87. The van der Waals surface area contributed by atoms with Gasteiger partial charge in [0.15, 0.2) is 4.34 Å². The molecule has 0 saturated carbocycles. The lowest BCUT2D eigenvalue weighted by molar-refractivity contribution is -0.140. The van der Waals surface area contributed by atoms with Crippen LogP contribution in [0.3, 0.4) is 0 Å². The van der Waals surface area contributed by atoms with Gasteiger partial charge in [-0.1, -0.05) is 37.2 Å². The molecule has 0 amide bonds. The number of hydrogen-bond donors (Lipinski definition) is 2. The Morgan fingerprint density at radius 3 is 2.50 bits per heavy atom. The van der Waals surface area contributed by atoms with E-state index in [1.807, 2.05) is 12.1 Å². The van der Waals surface area contributed by atoms with E-state index in [2.05, 4.69) is 9.71 Å². The lowest BCUT2D eigenvalue weighted by Gasteiger charge is -2.17. The molecule has 0 radical (unpaired) electrons. The summed E-state index contributed by atoms with van der Waals surface area (Å²) in [4.78, 5) is 16.8. The second kappa shape index (κ2) is 8.38. The average molecular weight is 457 g/mol. The number of benzene rings is 2. The van der Waals surface area contributed by atoms with Gasteiger partial charge < -0.3 is 5.11 Å². The number of nitrogens with one attached hydrogen (secondary N) is 1. The first kappa shape index (κ1) is 21.1. The summed E-state index contributed by atoms with van der Waals surface area (Å²) in [5.41, 5.74) is 0.680. The van der Waals surface area contributed by atoms with E-state index in [1.54, 1.807) is 32.0 Å². The highest BCUT2D eigenvalue weighted by molar-refractivity contribution is 8.01. The molecule has 1 heterocycles. The number of carboxylic acid groups (broad SMARTS) is 1. The van der Waals surface area contributed by atoms with Crippen LogP contribution in [-0.2, 0) is 14.8 Å². The Kier molecular flexibility index (Phi) is 6.31. The van der Waals surface area contributed by atoms with Crippen molar-refractivity contribution in [3.8, 4) is 0 Å². The predicted octanol–water partition coefficient (Wildman–Crippen LogP) is 4.49. The van der Waals surface area contributed by atoms with E-state index in [0.29, 0.717) is 15.2 Å². The summed E-state index contributed by atoms with van der Waals surface area (Å²) in [5, 5.41) is 9.89. The molecule has 3 aromatic rings. The highest BCUT2D eigenvalue weighted by atomic mass is 35.5. The van der Waals surface area contributed by atoms with Gasteiger partial charge >= 0.3 is 5.97 Å². The molecule has 0 unspecified atom stereocenters. The minimum absolute atomic E-state index is 0.0126. The van der Waals surface area contributed by atoms with Gasteiger partial charge in [0.1, 0.15) is 6.04 Å². The van der Waals surface area contributed by atoms with E-state index in [1.165, 1.54) is 35.2 Å². The zero-order valence-electron chi connectivity index (χ0n) is 14.9. The van der Waals surface area contributed by atoms with Gasteiger partial charge in [0, 0.05) is 9.92 Å². The third-order valence-electron chi connectivity index (χ3n) is 3.88. The standard InChI is InChI=1S/C18H17ClN2O4S3/c1-10(2)16(17(22)23)21-28(24,25)13-7-8-14-15(9-13)27-18(20-14)26-12-5-3-11(19)4-6-12/h3-10,16,21H,1-2H3,(H,22,23)/t16-/m1/s1. The first-order valence-corrected chi connectivity index (χ1v) is 11.7. The van der Waals surface area contributed by atoms with E-state index in [-0.39, 0.29) is 10.8 Å². The first-order chi connectivity index (χ1) is 13.2. The van der Waals surface area contributed by atoms with Crippen molar-refractivity contribution >= 4 is 60.9 Å². The summed E-state index contributed by atoms with van der Waals surface area (Å²) in [6.45, 7) is 3.29. The molecule has 28 heavy (non-hydrogen) atoms. The van der Waals surface area contributed by atoms with Crippen LogP contribution in [0.4, 0.5) is 0 Å². The zero-order valence-corrected chi connectivity index (χ0v) is 18.1. The molecule has 0 aliphatic carbocycles. The Bertz CT molecular complexity index is 1110. The zero-order chi connectivity index (χ0) is 20.5. The van der Waals surface area contributed by atoms with Gasteiger partial charge in [-0.25, -0.2) is 13.4 Å². The molecular weight excluding hydrogens is 440 g/mol. The van der Waals surface area contributed by atoms with Crippen LogP contribution in [0.15, 0.2) is 56.6 Å². The fourth-order valence-electron chi connectivity index (χ4n) is 2.40. The summed E-state index contributed by atoms with van der Waals surface area (Å²) in [6.07, 6.45) is 0. The van der Waals surface area contributed by atoms with Crippen LogP contribution in [0, 0.1) is 5.92 Å². The van der Waals surface area contributed by atoms with Gasteiger partial charge in [-0.05, 0) is 48.4 Å². The van der Waals surface area contributed by atoms with E-state index >= 15 is 0 Å². The minimum atomic E-state index is -3.97. The first-order valence-electron chi connectivity index (χ1n) is 8.25. The van der Waals surface area contributed by atoms with Crippen molar-refractivity contribution < 1.29 is 18.3 Å². The number of nitrogens with zero attached hydrogens (tertiary/aromatic N) is 1. The molecule has 3 rings (SSSR count). The van der Waals surface area contributed by atoms with E-state index < -0.39 is 22.0 Å². The van der Waals surface area contributed by atoms with Crippen LogP contribution in [0.25, 0.3) is 10.2 Å². The maximum absolute atomic E-state index is 12.6. The van der Waals surface area contributed by atoms with Crippen molar-refractivity contribution in [2.75, 3.05) is 0 Å². The molecule has 10 heteroatoms. The fraction of sp³-hybridized carbons (Fsp3) is 0.222. The molecule has 1 aromatic heterocycles. The van der Waals surface area contributed by atoms with Crippen molar-refractivity contribution in [2.45, 2.75) is 34.0 Å². The molecular formula is C18H17ClN2O4S3. The number of aliphatic carboxylic acids is 1. The molecule has 1 atom stereocenters. The molecule has 0 spiro atoms. The van der Waals surface area contributed by atoms with Crippen LogP contribution in [0.2, 0.25) is 5.02 Å². The molecule has 6 nitrogen and oxygen atoms in total. The van der Waals surface area contributed by atoms with Crippen molar-refractivity contribution in [1.29, 1.82) is 0 Å². The van der Waals surface area contributed by atoms with Crippen LogP contribution < -0.4 is 4.72 Å². The van der Waals surface area contributed by atoms with Crippen molar-refractivity contribution in [3.63, 3.8) is 0 Å². The number of sulfonamides is 1. The lowest BCUT2D eigenvalue weighted by Crippen LogP contribution is -2.44. The maximum Gasteiger partial charge on any atom is 0.322 e. The molecule has 2 aromatic carbocycles. The van der Waals surface area contributed by atoms with Crippen LogP contribution >= 0.6 is 34.7 Å². The van der Waals surface area contributed by atoms with E-state index in [0.717, 1.165) is 9.24 Å². The number of rotatable bonds is 7. The van der Waals surface area contributed by atoms with Crippen LogP contribution in [0.5, 0.6) is 0 Å². The van der Waals surface area contributed by atoms with Gasteiger partial charge in [-0.15, -0.1) is 11.3 Å². The Morgan fingerprint density at radius 1 is 1.21 bits per heavy atom. The van der Waals surface area contributed by atoms with Crippen LogP contribution in [0.1, 0.15) is 13.8 Å². The molecule has 0 saturated heterocycles. The summed E-state index contributed by atoms with van der Waals surface area (Å²) in [7, 11) is -3.97.